The van der Waals surface area contributed by atoms with Gasteiger partial charge in [-0.15, -0.1) is 0 Å². The number of phenols is 1. The molecule has 102 valence electrons. The summed E-state index contributed by atoms with van der Waals surface area (Å²) in [6.07, 6.45) is 8.58. The molecular weight excluding hydrogens is 222 g/mol. The summed E-state index contributed by atoms with van der Waals surface area (Å²) in [5.41, 5.74) is 8.07. The Balaban J connectivity index is 2.46. The van der Waals surface area contributed by atoms with E-state index >= 15 is 0 Å². The van der Waals surface area contributed by atoms with Gasteiger partial charge in [-0.1, -0.05) is 51.2 Å². The Bertz CT molecular complexity index is 347. The molecule has 1 rings (SSSR count). The van der Waals surface area contributed by atoms with Gasteiger partial charge in [0.25, 0.3) is 0 Å². The van der Waals surface area contributed by atoms with Gasteiger partial charge < -0.3 is 10.8 Å². The molecule has 0 radical (unpaired) electrons. The number of phenolic OH excluding ortho intramolecular Hbond substituents is 1. The fourth-order valence-corrected chi connectivity index (χ4v) is 2.37. The molecule has 1 aromatic rings. The number of nitrogens with two attached hydrogens (primary N) is 1. The predicted octanol–water partition coefficient (Wildman–Crippen LogP) is 4.31. The standard InChI is InChI=1S/C16H27NO/c1-3-4-5-6-7-8-10-15-14(13(2)17)11-9-12-16(15)18/h9,11-13,18H,3-8,10,17H2,1-2H3. The van der Waals surface area contributed by atoms with E-state index in [0.29, 0.717) is 5.75 Å². The van der Waals surface area contributed by atoms with E-state index in [-0.39, 0.29) is 6.04 Å². The first-order chi connectivity index (χ1) is 8.66. The maximum atomic E-state index is 9.93. The van der Waals surface area contributed by atoms with Crippen molar-refractivity contribution in [2.45, 2.75) is 64.8 Å². The van der Waals surface area contributed by atoms with Crippen LogP contribution in [0.15, 0.2) is 18.2 Å². The number of aromatic hydroxyl groups is 1. The smallest absolute Gasteiger partial charge is 0.119 e. The zero-order chi connectivity index (χ0) is 13.4. The molecule has 1 unspecified atom stereocenters. The Morgan fingerprint density at radius 3 is 2.44 bits per heavy atom. The van der Waals surface area contributed by atoms with E-state index in [1.54, 1.807) is 6.07 Å². The Kier molecular flexibility index (Phi) is 6.81. The van der Waals surface area contributed by atoms with Crippen LogP contribution in [0.5, 0.6) is 5.75 Å². The third-order valence-corrected chi connectivity index (χ3v) is 3.46. The zero-order valence-corrected chi connectivity index (χ0v) is 11.8. The average Bonchev–Trinajstić information content (AvgIpc) is 2.34. The van der Waals surface area contributed by atoms with Crippen molar-refractivity contribution in [1.29, 1.82) is 0 Å². The molecular formula is C16H27NO. The molecule has 0 fully saturated rings. The van der Waals surface area contributed by atoms with Gasteiger partial charge in [0, 0.05) is 6.04 Å². The van der Waals surface area contributed by atoms with E-state index in [2.05, 4.69) is 6.92 Å². The van der Waals surface area contributed by atoms with Crippen molar-refractivity contribution in [2.24, 2.45) is 5.73 Å². The summed E-state index contributed by atoms with van der Waals surface area (Å²) in [6.45, 7) is 4.20. The van der Waals surface area contributed by atoms with Gasteiger partial charge in [-0.25, -0.2) is 0 Å². The monoisotopic (exact) mass is 249 g/mol. The van der Waals surface area contributed by atoms with Gasteiger partial charge in [-0.3, -0.25) is 0 Å². The fourth-order valence-electron chi connectivity index (χ4n) is 2.37. The van der Waals surface area contributed by atoms with Gasteiger partial charge in [-0.2, -0.15) is 0 Å². The Hall–Kier alpha value is -1.02. The molecule has 0 spiro atoms. The van der Waals surface area contributed by atoms with Gasteiger partial charge in [0.15, 0.2) is 0 Å². The van der Waals surface area contributed by atoms with Crippen LogP contribution < -0.4 is 5.73 Å². The van der Waals surface area contributed by atoms with Crippen LogP contribution >= 0.6 is 0 Å². The van der Waals surface area contributed by atoms with E-state index in [1.807, 2.05) is 19.1 Å². The molecule has 0 aliphatic carbocycles. The van der Waals surface area contributed by atoms with Crippen LogP contribution in [0, 0.1) is 0 Å². The van der Waals surface area contributed by atoms with Crippen molar-refractivity contribution < 1.29 is 5.11 Å². The molecule has 3 N–H and O–H groups in total. The number of benzene rings is 1. The average molecular weight is 249 g/mol. The second-order valence-corrected chi connectivity index (χ2v) is 5.15. The summed E-state index contributed by atoms with van der Waals surface area (Å²) < 4.78 is 0. The molecule has 18 heavy (non-hydrogen) atoms. The highest BCUT2D eigenvalue weighted by Gasteiger charge is 2.10. The molecule has 2 heteroatoms. The predicted molar refractivity (Wildman–Crippen MR) is 77.8 cm³/mol. The summed E-state index contributed by atoms with van der Waals surface area (Å²) in [7, 11) is 0. The highest BCUT2D eigenvalue weighted by Crippen LogP contribution is 2.26. The molecule has 1 aromatic carbocycles. The Morgan fingerprint density at radius 2 is 1.78 bits per heavy atom. The minimum absolute atomic E-state index is 0.00723. The lowest BCUT2D eigenvalue weighted by atomic mass is 9.96. The van der Waals surface area contributed by atoms with E-state index in [4.69, 9.17) is 5.73 Å². The van der Waals surface area contributed by atoms with Gasteiger partial charge in [0.1, 0.15) is 5.75 Å². The summed E-state index contributed by atoms with van der Waals surface area (Å²) in [6, 6.07) is 5.65. The second-order valence-electron chi connectivity index (χ2n) is 5.15. The SMILES string of the molecule is CCCCCCCCc1c(O)cccc1C(C)N. The highest BCUT2D eigenvalue weighted by atomic mass is 16.3. The van der Waals surface area contributed by atoms with Crippen LogP contribution in [-0.2, 0) is 6.42 Å². The number of hydrogen-bond donors (Lipinski definition) is 2. The van der Waals surface area contributed by atoms with E-state index in [0.717, 1.165) is 24.0 Å². The van der Waals surface area contributed by atoms with Crippen molar-refractivity contribution in [3.05, 3.63) is 29.3 Å². The van der Waals surface area contributed by atoms with Crippen LogP contribution in [-0.4, -0.2) is 5.11 Å². The third-order valence-electron chi connectivity index (χ3n) is 3.46. The number of hydrogen-bond acceptors (Lipinski definition) is 2. The maximum absolute atomic E-state index is 9.93. The topological polar surface area (TPSA) is 46.2 Å². The van der Waals surface area contributed by atoms with Crippen LogP contribution in [0.1, 0.15) is 69.5 Å². The largest absolute Gasteiger partial charge is 0.508 e. The Morgan fingerprint density at radius 1 is 1.11 bits per heavy atom. The fraction of sp³-hybridized carbons (Fsp3) is 0.625. The third kappa shape index (κ3) is 4.69. The van der Waals surface area contributed by atoms with Crippen molar-refractivity contribution in [3.63, 3.8) is 0 Å². The van der Waals surface area contributed by atoms with Gasteiger partial charge in [0.2, 0.25) is 0 Å². The molecule has 0 amide bonds. The molecule has 0 saturated heterocycles. The van der Waals surface area contributed by atoms with Crippen LogP contribution in [0.2, 0.25) is 0 Å². The first-order valence-corrected chi connectivity index (χ1v) is 7.23. The lowest BCUT2D eigenvalue weighted by Gasteiger charge is -2.14. The summed E-state index contributed by atoms with van der Waals surface area (Å²) in [4.78, 5) is 0. The van der Waals surface area contributed by atoms with E-state index < -0.39 is 0 Å². The molecule has 0 heterocycles. The molecule has 0 aromatic heterocycles. The zero-order valence-electron chi connectivity index (χ0n) is 11.8. The number of unbranched alkanes of at least 4 members (excludes halogenated alkanes) is 5. The van der Waals surface area contributed by atoms with Gasteiger partial charge in [-0.05, 0) is 37.0 Å². The first-order valence-electron chi connectivity index (χ1n) is 7.23. The minimum Gasteiger partial charge on any atom is -0.508 e. The van der Waals surface area contributed by atoms with E-state index in [9.17, 15) is 5.11 Å². The normalized spacial score (nSPS) is 12.6. The molecule has 1 atom stereocenters. The highest BCUT2D eigenvalue weighted by molar-refractivity contribution is 5.40. The molecule has 0 aliphatic heterocycles. The Labute approximate surface area is 111 Å². The van der Waals surface area contributed by atoms with Crippen LogP contribution in [0.3, 0.4) is 0 Å². The number of rotatable bonds is 8. The van der Waals surface area contributed by atoms with E-state index in [1.165, 1.54) is 32.1 Å². The molecule has 2 nitrogen and oxygen atoms in total. The van der Waals surface area contributed by atoms with Crippen LogP contribution in [0.4, 0.5) is 0 Å². The van der Waals surface area contributed by atoms with Crippen molar-refractivity contribution in [3.8, 4) is 5.75 Å². The lowest BCUT2D eigenvalue weighted by molar-refractivity contribution is 0.463. The van der Waals surface area contributed by atoms with Crippen molar-refractivity contribution >= 4 is 0 Å². The summed E-state index contributed by atoms with van der Waals surface area (Å²) >= 11 is 0. The quantitative estimate of drug-likeness (QED) is 0.674. The summed E-state index contributed by atoms with van der Waals surface area (Å²) in [5, 5.41) is 9.93. The second kappa shape index (κ2) is 8.15. The summed E-state index contributed by atoms with van der Waals surface area (Å²) in [5.74, 6) is 0.401. The first kappa shape index (κ1) is 15.0. The van der Waals surface area contributed by atoms with Crippen molar-refractivity contribution in [1.82, 2.24) is 0 Å². The lowest BCUT2D eigenvalue weighted by Crippen LogP contribution is -2.08. The van der Waals surface area contributed by atoms with Crippen LogP contribution in [0.25, 0.3) is 0 Å². The van der Waals surface area contributed by atoms with Gasteiger partial charge in [0.05, 0.1) is 0 Å². The molecule has 0 bridgehead atoms. The minimum atomic E-state index is -0.00723. The van der Waals surface area contributed by atoms with Gasteiger partial charge >= 0.3 is 0 Å². The molecule has 0 aliphatic rings. The van der Waals surface area contributed by atoms with Crippen molar-refractivity contribution in [2.75, 3.05) is 0 Å². The maximum Gasteiger partial charge on any atom is 0.119 e. The molecule has 0 saturated carbocycles.